The quantitative estimate of drug-likeness (QED) is 0.885. The van der Waals surface area contributed by atoms with E-state index >= 15 is 0 Å². The zero-order valence-electron chi connectivity index (χ0n) is 11.7. The second kappa shape index (κ2) is 6.83. The fraction of sp³-hybridized carbons (Fsp3) is 0.286. The number of hydrogen-bond donors (Lipinski definition) is 1. The molecule has 2 aromatic rings. The highest BCUT2D eigenvalue weighted by atomic mass is 19.1. The summed E-state index contributed by atoms with van der Waals surface area (Å²) in [6.07, 6.45) is 2.17. The van der Waals surface area contributed by atoms with Crippen LogP contribution >= 0.6 is 0 Å². The molecule has 0 spiro atoms. The van der Waals surface area contributed by atoms with Crippen molar-refractivity contribution in [3.8, 4) is 17.4 Å². The molecule has 7 heteroatoms. The van der Waals surface area contributed by atoms with Gasteiger partial charge in [-0.1, -0.05) is 6.92 Å². The Bertz CT molecular complexity index is 623. The van der Waals surface area contributed by atoms with E-state index in [0.717, 1.165) is 18.6 Å². The molecule has 21 heavy (non-hydrogen) atoms. The van der Waals surface area contributed by atoms with Crippen LogP contribution in [0.1, 0.15) is 13.3 Å². The van der Waals surface area contributed by atoms with Crippen molar-refractivity contribution < 1.29 is 18.3 Å². The molecule has 0 fully saturated rings. The number of benzene rings is 1. The predicted molar refractivity (Wildman–Crippen MR) is 73.8 cm³/mol. The summed E-state index contributed by atoms with van der Waals surface area (Å²) in [6.45, 7) is 2.70. The highest BCUT2D eigenvalue weighted by Crippen LogP contribution is 2.35. The second-order valence-corrected chi connectivity index (χ2v) is 4.16. The van der Waals surface area contributed by atoms with Crippen LogP contribution in [0.4, 0.5) is 14.6 Å². The van der Waals surface area contributed by atoms with Gasteiger partial charge in [-0.3, -0.25) is 0 Å². The topological polar surface area (TPSA) is 56.3 Å². The Balaban J connectivity index is 2.30. The van der Waals surface area contributed by atoms with Gasteiger partial charge in [0.25, 0.3) is 5.88 Å². The van der Waals surface area contributed by atoms with Gasteiger partial charge in [0.2, 0.25) is 5.75 Å². The van der Waals surface area contributed by atoms with Crippen LogP contribution in [-0.4, -0.2) is 23.6 Å². The molecule has 1 heterocycles. The SMILES string of the molecule is CCCNc1ncnc(Oc2ccc(F)cc2F)c1OC. The van der Waals surface area contributed by atoms with Crippen molar-refractivity contribution in [3.05, 3.63) is 36.2 Å². The number of aromatic nitrogens is 2. The van der Waals surface area contributed by atoms with Crippen LogP contribution in [0.2, 0.25) is 0 Å². The molecule has 112 valence electrons. The zero-order valence-corrected chi connectivity index (χ0v) is 11.7. The Morgan fingerprint density at radius 2 is 2.05 bits per heavy atom. The van der Waals surface area contributed by atoms with E-state index in [2.05, 4.69) is 15.3 Å². The molecule has 0 radical (unpaired) electrons. The van der Waals surface area contributed by atoms with E-state index in [1.54, 1.807) is 0 Å². The summed E-state index contributed by atoms with van der Waals surface area (Å²) in [4.78, 5) is 7.96. The summed E-state index contributed by atoms with van der Waals surface area (Å²) in [6, 6.07) is 3.02. The maximum atomic E-state index is 13.6. The summed E-state index contributed by atoms with van der Waals surface area (Å²) >= 11 is 0. The average Bonchev–Trinajstić information content (AvgIpc) is 2.48. The molecule has 0 aliphatic heterocycles. The number of rotatable bonds is 6. The molecule has 5 nitrogen and oxygen atoms in total. The minimum atomic E-state index is -0.821. The molecule has 1 N–H and O–H groups in total. The number of halogens is 2. The summed E-state index contributed by atoms with van der Waals surface area (Å²) in [7, 11) is 1.43. The minimum Gasteiger partial charge on any atom is -0.489 e. The average molecular weight is 295 g/mol. The summed E-state index contributed by atoms with van der Waals surface area (Å²) < 4.78 is 37.0. The first-order chi connectivity index (χ1) is 10.2. The fourth-order valence-corrected chi connectivity index (χ4v) is 1.65. The van der Waals surface area contributed by atoms with Crippen LogP contribution in [0.5, 0.6) is 17.4 Å². The van der Waals surface area contributed by atoms with Gasteiger partial charge in [0.1, 0.15) is 12.1 Å². The molecule has 0 bridgehead atoms. The first kappa shape index (κ1) is 15.0. The number of hydrogen-bond acceptors (Lipinski definition) is 5. The molecule has 0 aliphatic carbocycles. The Morgan fingerprint density at radius 1 is 1.24 bits per heavy atom. The molecular formula is C14H15F2N3O2. The molecule has 0 atom stereocenters. The minimum absolute atomic E-state index is 0.0524. The van der Waals surface area contributed by atoms with Crippen LogP contribution in [0.3, 0.4) is 0 Å². The molecule has 0 aliphatic rings. The van der Waals surface area contributed by atoms with Crippen molar-refractivity contribution in [2.75, 3.05) is 19.0 Å². The third-order valence-corrected chi connectivity index (χ3v) is 2.62. The van der Waals surface area contributed by atoms with E-state index in [4.69, 9.17) is 9.47 Å². The smallest absolute Gasteiger partial charge is 0.268 e. The van der Waals surface area contributed by atoms with Gasteiger partial charge in [0.15, 0.2) is 17.4 Å². The molecule has 1 aromatic heterocycles. The highest BCUT2D eigenvalue weighted by molar-refractivity contribution is 5.55. The zero-order chi connectivity index (χ0) is 15.2. The Morgan fingerprint density at radius 3 is 2.71 bits per heavy atom. The summed E-state index contributed by atoms with van der Waals surface area (Å²) in [5, 5.41) is 3.05. The van der Waals surface area contributed by atoms with Gasteiger partial charge in [-0.05, 0) is 18.6 Å². The van der Waals surface area contributed by atoms with E-state index in [-0.39, 0.29) is 17.4 Å². The number of methoxy groups -OCH3 is 1. The van der Waals surface area contributed by atoms with Crippen molar-refractivity contribution in [3.63, 3.8) is 0 Å². The lowest BCUT2D eigenvalue weighted by atomic mass is 10.3. The summed E-state index contributed by atoms with van der Waals surface area (Å²) in [5.74, 6) is -0.883. The second-order valence-electron chi connectivity index (χ2n) is 4.16. The van der Waals surface area contributed by atoms with Gasteiger partial charge in [0.05, 0.1) is 7.11 Å². The van der Waals surface area contributed by atoms with Crippen molar-refractivity contribution in [1.29, 1.82) is 0 Å². The third-order valence-electron chi connectivity index (χ3n) is 2.62. The van der Waals surface area contributed by atoms with Crippen LogP contribution in [0.25, 0.3) is 0 Å². The van der Waals surface area contributed by atoms with Gasteiger partial charge in [-0.15, -0.1) is 0 Å². The van der Waals surface area contributed by atoms with Gasteiger partial charge in [-0.25, -0.2) is 13.8 Å². The van der Waals surface area contributed by atoms with Crippen molar-refractivity contribution in [2.45, 2.75) is 13.3 Å². The molecule has 1 aromatic carbocycles. The lowest BCUT2D eigenvalue weighted by Gasteiger charge is -2.13. The van der Waals surface area contributed by atoms with Gasteiger partial charge < -0.3 is 14.8 Å². The largest absolute Gasteiger partial charge is 0.489 e. The summed E-state index contributed by atoms with van der Waals surface area (Å²) in [5.41, 5.74) is 0. The number of ether oxygens (including phenoxy) is 2. The van der Waals surface area contributed by atoms with E-state index in [9.17, 15) is 8.78 Å². The molecule has 0 unspecified atom stereocenters. The van der Waals surface area contributed by atoms with Crippen LogP contribution in [0, 0.1) is 11.6 Å². The number of nitrogens with one attached hydrogen (secondary N) is 1. The van der Waals surface area contributed by atoms with E-state index < -0.39 is 11.6 Å². The normalized spacial score (nSPS) is 10.3. The van der Waals surface area contributed by atoms with Gasteiger partial charge >= 0.3 is 0 Å². The van der Waals surface area contributed by atoms with Crippen LogP contribution < -0.4 is 14.8 Å². The molecule has 0 saturated heterocycles. The van der Waals surface area contributed by atoms with Gasteiger partial charge in [-0.2, -0.15) is 4.98 Å². The molecule has 0 amide bonds. The third kappa shape index (κ3) is 3.56. The Hall–Kier alpha value is -2.44. The number of anilines is 1. The van der Waals surface area contributed by atoms with E-state index in [1.165, 1.54) is 19.5 Å². The van der Waals surface area contributed by atoms with Crippen LogP contribution in [0.15, 0.2) is 24.5 Å². The van der Waals surface area contributed by atoms with Crippen LogP contribution in [-0.2, 0) is 0 Å². The monoisotopic (exact) mass is 295 g/mol. The van der Waals surface area contributed by atoms with Gasteiger partial charge in [0, 0.05) is 12.6 Å². The lowest BCUT2D eigenvalue weighted by molar-refractivity contribution is 0.359. The predicted octanol–water partition coefficient (Wildman–Crippen LogP) is 3.38. The molecular weight excluding hydrogens is 280 g/mol. The maximum Gasteiger partial charge on any atom is 0.268 e. The first-order valence-corrected chi connectivity index (χ1v) is 6.41. The molecule has 0 saturated carbocycles. The maximum absolute atomic E-state index is 13.6. The first-order valence-electron chi connectivity index (χ1n) is 6.41. The van der Waals surface area contributed by atoms with E-state index in [1.807, 2.05) is 6.92 Å². The van der Waals surface area contributed by atoms with Crippen molar-refractivity contribution >= 4 is 5.82 Å². The lowest BCUT2D eigenvalue weighted by Crippen LogP contribution is -2.06. The molecule has 2 rings (SSSR count). The highest BCUT2D eigenvalue weighted by Gasteiger charge is 2.16. The standard InChI is InChI=1S/C14H15F2N3O2/c1-3-6-17-13-12(20-2)14(19-8-18-13)21-11-5-4-9(15)7-10(11)16/h4-5,7-8H,3,6H2,1-2H3,(H,17,18,19). The van der Waals surface area contributed by atoms with Crippen molar-refractivity contribution in [2.24, 2.45) is 0 Å². The van der Waals surface area contributed by atoms with Crippen molar-refractivity contribution in [1.82, 2.24) is 9.97 Å². The Labute approximate surface area is 120 Å². The Kier molecular flexibility index (Phi) is 4.86. The fourth-order valence-electron chi connectivity index (χ4n) is 1.65. The van der Waals surface area contributed by atoms with E-state index in [0.29, 0.717) is 12.4 Å². The number of nitrogens with zero attached hydrogens (tertiary/aromatic N) is 2.